The van der Waals surface area contributed by atoms with Crippen LogP contribution < -0.4 is 5.43 Å². The molecule has 0 spiro atoms. The Morgan fingerprint density at radius 2 is 2.33 bits per heavy atom. The zero-order valence-corrected chi connectivity index (χ0v) is 5.80. The summed E-state index contributed by atoms with van der Waals surface area (Å²) < 4.78 is 0. The monoisotopic (exact) mass is 127 g/mol. The fourth-order valence-electron chi connectivity index (χ4n) is 1.70. The lowest BCUT2D eigenvalue weighted by Gasteiger charge is -2.18. The molecule has 0 aliphatic carbocycles. The molecule has 2 saturated heterocycles. The van der Waals surface area contributed by atoms with Gasteiger partial charge in [-0.3, -0.25) is 10.3 Å². The van der Waals surface area contributed by atoms with Crippen molar-refractivity contribution in [3.05, 3.63) is 0 Å². The largest absolute Gasteiger partial charge is 0.289 e. The molecule has 0 bridgehead atoms. The molecule has 1 atom stereocenters. The molecule has 2 aliphatic rings. The molecule has 0 saturated carbocycles. The van der Waals surface area contributed by atoms with Gasteiger partial charge in [0.1, 0.15) is 0 Å². The lowest BCUT2D eigenvalue weighted by atomic mass is 10.4. The molecule has 1 N–H and O–H groups in total. The molecule has 52 valence electrons. The molecule has 2 aliphatic heterocycles. The summed E-state index contributed by atoms with van der Waals surface area (Å²) in [4.78, 5) is 2.40. The molecule has 2 heterocycles. The smallest absolute Gasteiger partial charge is 0.0769 e. The number of hydrogen-bond donors (Lipinski definition) is 1. The highest BCUT2D eigenvalue weighted by atomic mass is 15.6. The molecule has 2 fully saturated rings. The van der Waals surface area contributed by atoms with E-state index in [1.54, 1.807) is 0 Å². The van der Waals surface area contributed by atoms with E-state index in [1.165, 1.54) is 19.5 Å². The Labute approximate surface area is 55.6 Å². The van der Waals surface area contributed by atoms with E-state index in [1.807, 2.05) is 0 Å². The second kappa shape index (κ2) is 1.94. The van der Waals surface area contributed by atoms with Crippen molar-refractivity contribution in [3.8, 4) is 0 Å². The Morgan fingerprint density at radius 3 is 3.11 bits per heavy atom. The lowest BCUT2D eigenvalue weighted by Crippen LogP contribution is -2.35. The highest BCUT2D eigenvalue weighted by molar-refractivity contribution is 4.81. The number of fused-ring (bicyclic) bond motifs is 1. The van der Waals surface area contributed by atoms with E-state index < -0.39 is 0 Å². The Hall–Kier alpha value is -0.120. The first kappa shape index (κ1) is 5.65. The Kier molecular flexibility index (Phi) is 1.22. The van der Waals surface area contributed by atoms with E-state index in [0.717, 1.165) is 6.54 Å². The van der Waals surface area contributed by atoms with E-state index in [0.29, 0.717) is 6.17 Å². The normalized spacial score (nSPS) is 37.7. The van der Waals surface area contributed by atoms with Crippen molar-refractivity contribution < 1.29 is 0 Å². The van der Waals surface area contributed by atoms with Gasteiger partial charge < -0.3 is 0 Å². The standard InChI is InChI=1S/C6H13N3/c1-8-4-5-9-6(8)2-3-7-9/h6-7H,2-5H2,1H3. The number of hydrogen-bond acceptors (Lipinski definition) is 3. The molecule has 0 aromatic rings. The number of nitrogens with zero attached hydrogens (tertiary/aromatic N) is 2. The van der Waals surface area contributed by atoms with Crippen molar-refractivity contribution in [1.82, 2.24) is 15.3 Å². The van der Waals surface area contributed by atoms with Crippen LogP contribution in [0.5, 0.6) is 0 Å². The Balaban J connectivity index is 2.07. The number of nitrogens with one attached hydrogen (secondary N) is 1. The van der Waals surface area contributed by atoms with E-state index in [4.69, 9.17) is 0 Å². The zero-order valence-electron chi connectivity index (χ0n) is 5.80. The minimum absolute atomic E-state index is 0.699. The summed E-state index contributed by atoms with van der Waals surface area (Å²) in [5.41, 5.74) is 3.34. The van der Waals surface area contributed by atoms with Crippen molar-refractivity contribution in [2.24, 2.45) is 0 Å². The molecule has 1 unspecified atom stereocenters. The molecular weight excluding hydrogens is 114 g/mol. The van der Waals surface area contributed by atoms with Crippen LogP contribution in [-0.4, -0.2) is 42.8 Å². The van der Waals surface area contributed by atoms with Crippen molar-refractivity contribution in [2.75, 3.05) is 26.7 Å². The Bertz CT molecular complexity index is 115. The van der Waals surface area contributed by atoms with Gasteiger partial charge >= 0.3 is 0 Å². The van der Waals surface area contributed by atoms with Gasteiger partial charge in [-0.15, -0.1) is 0 Å². The van der Waals surface area contributed by atoms with Gasteiger partial charge in [0.05, 0.1) is 6.17 Å². The first-order chi connectivity index (χ1) is 4.38. The predicted molar refractivity (Wildman–Crippen MR) is 35.7 cm³/mol. The van der Waals surface area contributed by atoms with Gasteiger partial charge in [0.2, 0.25) is 0 Å². The van der Waals surface area contributed by atoms with Crippen molar-refractivity contribution in [3.63, 3.8) is 0 Å². The molecule has 0 amide bonds. The molecular formula is C6H13N3. The number of rotatable bonds is 0. The van der Waals surface area contributed by atoms with Crippen LogP contribution in [-0.2, 0) is 0 Å². The van der Waals surface area contributed by atoms with Crippen molar-refractivity contribution in [2.45, 2.75) is 12.6 Å². The van der Waals surface area contributed by atoms with Crippen molar-refractivity contribution >= 4 is 0 Å². The lowest BCUT2D eigenvalue weighted by molar-refractivity contribution is 0.169. The summed E-state index contributed by atoms with van der Waals surface area (Å²) in [6.07, 6.45) is 1.99. The molecule has 9 heavy (non-hydrogen) atoms. The fourth-order valence-corrected chi connectivity index (χ4v) is 1.70. The van der Waals surface area contributed by atoms with Crippen LogP contribution in [0.25, 0.3) is 0 Å². The minimum atomic E-state index is 0.699. The third kappa shape index (κ3) is 0.764. The molecule has 3 nitrogen and oxygen atoms in total. The maximum atomic E-state index is 3.34. The molecule has 0 radical (unpaired) electrons. The summed E-state index contributed by atoms with van der Waals surface area (Å²) in [6.45, 7) is 3.58. The third-order valence-corrected chi connectivity index (χ3v) is 2.28. The fraction of sp³-hybridized carbons (Fsp3) is 1.00. The van der Waals surface area contributed by atoms with Gasteiger partial charge in [-0.25, -0.2) is 5.01 Å². The van der Waals surface area contributed by atoms with Crippen LogP contribution >= 0.6 is 0 Å². The highest BCUT2D eigenvalue weighted by Gasteiger charge is 2.32. The highest BCUT2D eigenvalue weighted by Crippen LogP contribution is 2.16. The van der Waals surface area contributed by atoms with Gasteiger partial charge in [0.25, 0.3) is 0 Å². The van der Waals surface area contributed by atoms with Gasteiger partial charge in [-0.1, -0.05) is 0 Å². The first-order valence-corrected chi connectivity index (χ1v) is 3.58. The molecule has 3 heteroatoms. The van der Waals surface area contributed by atoms with Crippen LogP contribution in [0, 0.1) is 0 Å². The second-order valence-electron chi connectivity index (χ2n) is 2.85. The van der Waals surface area contributed by atoms with Crippen LogP contribution in [0.2, 0.25) is 0 Å². The van der Waals surface area contributed by atoms with E-state index in [2.05, 4.69) is 22.4 Å². The average molecular weight is 127 g/mol. The van der Waals surface area contributed by atoms with Gasteiger partial charge in [-0.05, 0) is 13.5 Å². The summed E-state index contributed by atoms with van der Waals surface area (Å²) in [7, 11) is 2.19. The van der Waals surface area contributed by atoms with Crippen molar-refractivity contribution in [1.29, 1.82) is 0 Å². The number of likely N-dealkylation sites (N-methyl/N-ethyl adjacent to an activating group) is 1. The minimum Gasteiger partial charge on any atom is -0.289 e. The predicted octanol–water partition coefficient (Wildman–Crippen LogP) is -0.532. The second-order valence-corrected chi connectivity index (χ2v) is 2.85. The average Bonchev–Trinajstić information content (AvgIpc) is 2.35. The van der Waals surface area contributed by atoms with Crippen LogP contribution in [0.1, 0.15) is 6.42 Å². The quantitative estimate of drug-likeness (QED) is 0.472. The van der Waals surface area contributed by atoms with E-state index in [-0.39, 0.29) is 0 Å². The number of hydrazine groups is 1. The van der Waals surface area contributed by atoms with Crippen LogP contribution in [0.15, 0.2) is 0 Å². The third-order valence-electron chi connectivity index (χ3n) is 2.28. The van der Waals surface area contributed by atoms with Gasteiger partial charge in [0.15, 0.2) is 0 Å². The molecule has 0 aromatic carbocycles. The summed E-state index contributed by atoms with van der Waals surface area (Å²) >= 11 is 0. The molecule has 2 rings (SSSR count). The summed E-state index contributed by atoms with van der Waals surface area (Å²) in [6, 6.07) is 0. The van der Waals surface area contributed by atoms with E-state index >= 15 is 0 Å². The summed E-state index contributed by atoms with van der Waals surface area (Å²) in [5, 5.41) is 2.33. The topological polar surface area (TPSA) is 18.5 Å². The maximum absolute atomic E-state index is 3.34. The van der Waals surface area contributed by atoms with Gasteiger partial charge in [0, 0.05) is 19.6 Å². The SMILES string of the molecule is CN1CCN2NCCC12. The first-order valence-electron chi connectivity index (χ1n) is 3.58. The summed E-state index contributed by atoms with van der Waals surface area (Å²) in [5.74, 6) is 0. The van der Waals surface area contributed by atoms with Crippen LogP contribution in [0.4, 0.5) is 0 Å². The molecule has 0 aromatic heterocycles. The maximum Gasteiger partial charge on any atom is 0.0769 e. The van der Waals surface area contributed by atoms with E-state index in [9.17, 15) is 0 Å². The van der Waals surface area contributed by atoms with Gasteiger partial charge in [-0.2, -0.15) is 0 Å². The Morgan fingerprint density at radius 1 is 1.44 bits per heavy atom. The zero-order chi connectivity index (χ0) is 6.27. The van der Waals surface area contributed by atoms with Crippen LogP contribution in [0.3, 0.4) is 0 Å².